The first-order valence-electron chi connectivity index (χ1n) is 6.44. The van der Waals surface area contributed by atoms with Gasteiger partial charge in [-0.25, -0.2) is 0 Å². The van der Waals surface area contributed by atoms with E-state index in [1.54, 1.807) is 0 Å². The quantitative estimate of drug-likeness (QED) is 0.567. The molecule has 0 fully saturated rings. The van der Waals surface area contributed by atoms with E-state index in [-0.39, 0.29) is 13.0 Å². The van der Waals surface area contributed by atoms with Crippen LogP contribution < -0.4 is 0 Å². The summed E-state index contributed by atoms with van der Waals surface area (Å²) in [6.07, 6.45) is 0.430. The summed E-state index contributed by atoms with van der Waals surface area (Å²) in [5, 5.41) is 0. The molecule has 0 N–H and O–H groups in total. The fraction of sp³-hybridized carbons (Fsp3) is 0.375. The lowest BCUT2D eigenvalue weighted by Gasteiger charge is -2.14. The number of methoxy groups -OCH3 is 1. The third kappa shape index (κ3) is 5.69. The SMILES string of the molecule is C=C(C)C[C@@H](CC(=O)OCc1ccccc1)C(=O)OC. The molecule has 1 rings (SSSR count). The number of carbonyl (C=O) groups is 2. The topological polar surface area (TPSA) is 52.6 Å². The Morgan fingerprint density at radius 1 is 1.20 bits per heavy atom. The Morgan fingerprint density at radius 2 is 1.85 bits per heavy atom. The van der Waals surface area contributed by atoms with Gasteiger partial charge in [-0.1, -0.05) is 35.9 Å². The summed E-state index contributed by atoms with van der Waals surface area (Å²) in [5.74, 6) is -1.35. The Morgan fingerprint density at radius 3 is 2.40 bits per heavy atom. The van der Waals surface area contributed by atoms with E-state index in [2.05, 4.69) is 11.3 Å². The molecule has 4 heteroatoms. The van der Waals surface area contributed by atoms with E-state index in [4.69, 9.17) is 4.74 Å². The van der Waals surface area contributed by atoms with Crippen LogP contribution in [-0.4, -0.2) is 19.0 Å². The molecular formula is C16H20O4. The van der Waals surface area contributed by atoms with Crippen LogP contribution in [0, 0.1) is 5.92 Å². The van der Waals surface area contributed by atoms with E-state index in [1.165, 1.54) is 7.11 Å². The van der Waals surface area contributed by atoms with E-state index in [0.717, 1.165) is 11.1 Å². The molecule has 0 unspecified atom stereocenters. The summed E-state index contributed by atoms with van der Waals surface area (Å²) in [4.78, 5) is 23.4. The molecule has 0 amide bonds. The highest BCUT2D eigenvalue weighted by atomic mass is 16.5. The zero-order valence-electron chi connectivity index (χ0n) is 11.9. The summed E-state index contributed by atoms with van der Waals surface area (Å²) in [6.45, 7) is 5.77. The lowest BCUT2D eigenvalue weighted by molar-refractivity contribution is -0.154. The summed E-state index contributed by atoms with van der Waals surface area (Å²) in [5.41, 5.74) is 1.74. The van der Waals surface area contributed by atoms with E-state index >= 15 is 0 Å². The van der Waals surface area contributed by atoms with Crippen molar-refractivity contribution < 1.29 is 19.1 Å². The van der Waals surface area contributed by atoms with Crippen molar-refractivity contribution in [3.63, 3.8) is 0 Å². The van der Waals surface area contributed by atoms with Crippen LogP contribution in [0.2, 0.25) is 0 Å². The van der Waals surface area contributed by atoms with Crippen molar-refractivity contribution in [1.29, 1.82) is 0 Å². The molecule has 0 heterocycles. The number of ether oxygens (including phenoxy) is 2. The van der Waals surface area contributed by atoms with Crippen LogP contribution in [0.3, 0.4) is 0 Å². The van der Waals surface area contributed by atoms with Gasteiger partial charge in [0.25, 0.3) is 0 Å². The average molecular weight is 276 g/mol. The van der Waals surface area contributed by atoms with Gasteiger partial charge in [0.1, 0.15) is 6.61 Å². The molecule has 0 saturated carbocycles. The minimum atomic E-state index is -0.527. The van der Waals surface area contributed by atoms with Gasteiger partial charge in [0.2, 0.25) is 0 Å². The van der Waals surface area contributed by atoms with Gasteiger partial charge in [-0.15, -0.1) is 6.58 Å². The molecule has 0 radical (unpaired) electrons. The summed E-state index contributed by atoms with van der Waals surface area (Å²) in [6, 6.07) is 9.40. The van der Waals surface area contributed by atoms with Crippen molar-refractivity contribution in [2.24, 2.45) is 5.92 Å². The molecule has 1 atom stereocenters. The highest BCUT2D eigenvalue weighted by molar-refractivity contribution is 5.80. The number of allylic oxidation sites excluding steroid dienone is 1. The van der Waals surface area contributed by atoms with Gasteiger partial charge in [-0.05, 0) is 18.9 Å². The van der Waals surface area contributed by atoms with Crippen molar-refractivity contribution in [2.75, 3.05) is 7.11 Å². The number of rotatable bonds is 7. The van der Waals surface area contributed by atoms with Gasteiger partial charge in [0.05, 0.1) is 19.4 Å². The Labute approximate surface area is 119 Å². The minimum absolute atomic E-state index is 0.00632. The Kier molecular flexibility index (Phi) is 6.50. The monoisotopic (exact) mass is 276 g/mol. The zero-order valence-corrected chi connectivity index (χ0v) is 11.9. The maximum atomic E-state index is 11.8. The smallest absolute Gasteiger partial charge is 0.309 e. The second-order valence-electron chi connectivity index (χ2n) is 4.73. The van der Waals surface area contributed by atoms with E-state index < -0.39 is 17.9 Å². The number of hydrogen-bond acceptors (Lipinski definition) is 4. The second kappa shape index (κ2) is 8.15. The van der Waals surface area contributed by atoms with Crippen LogP contribution in [0.5, 0.6) is 0 Å². The molecule has 20 heavy (non-hydrogen) atoms. The van der Waals surface area contributed by atoms with E-state index in [1.807, 2.05) is 37.3 Å². The normalized spacial score (nSPS) is 11.5. The standard InChI is InChI=1S/C16H20O4/c1-12(2)9-14(16(18)19-3)10-15(17)20-11-13-7-5-4-6-8-13/h4-8,14H,1,9-11H2,2-3H3/t14-/m0/s1. The first-order chi connectivity index (χ1) is 9.52. The van der Waals surface area contributed by atoms with Crippen LogP contribution in [-0.2, 0) is 25.7 Å². The van der Waals surface area contributed by atoms with Gasteiger partial charge in [0.15, 0.2) is 0 Å². The van der Waals surface area contributed by atoms with Crippen LogP contribution in [0.25, 0.3) is 0 Å². The van der Waals surface area contributed by atoms with Crippen LogP contribution >= 0.6 is 0 Å². The van der Waals surface area contributed by atoms with Crippen molar-refractivity contribution in [1.82, 2.24) is 0 Å². The Hall–Kier alpha value is -2.10. The fourth-order valence-electron chi connectivity index (χ4n) is 1.82. The molecule has 0 aliphatic rings. The molecule has 0 aliphatic heterocycles. The lowest BCUT2D eigenvalue weighted by Crippen LogP contribution is -2.21. The van der Waals surface area contributed by atoms with Gasteiger partial charge in [-0.2, -0.15) is 0 Å². The van der Waals surface area contributed by atoms with Crippen LogP contribution in [0.4, 0.5) is 0 Å². The largest absolute Gasteiger partial charge is 0.469 e. The molecular weight excluding hydrogens is 256 g/mol. The highest BCUT2D eigenvalue weighted by Gasteiger charge is 2.23. The number of esters is 2. The third-order valence-electron chi connectivity index (χ3n) is 2.79. The van der Waals surface area contributed by atoms with Gasteiger partial charge < -0.3 is 9.47 Å². The highest BCUT2D eigenvalue weighted by Crippen LogP contribution is 2.17. The molecule has 0 aromatic heterocycles. The first kappa shape index (κ1) is 16.0. The molecule has 1 aromatic carbocycles. The van der Waals surface area contributed by atoms with Crippen molar-refractivity contribution in [2.45, 2.75) is 26.4 Å². The predicted octanol–water partition coefficient (Wildman–Crippen LogP) is 2.88. The Balaban J connectivity index is 2.49. The molecule has 108 valence electrons. The predicted molar refractivity (Wildman–Crippen MR) is 75.8 cm³/mol. The molecule has 0 aliphatic carbocycles. The van der Waals surface area contributed by atoms with Crippen molar-refractivity contribution >= 4 is 11.9 Å². The number of hydrogen-bond donors (Lipinski definition) is 0. The van der Waals surface area contributed by atoms with Crippen molar-refractivity contribution in [3.8, 4) is 0 Å². The van der Waals surface area contributed by atoms with Crippen LogP contribution in [0.1, 0.15) is 25.3 Å². The van der Waals surface area contributed by atoms with Gasteiger partial charge in [-0.3, -0.25) is 9.59 Å². The average Bonchev–Trinajstić information content (AvgIpc) is 2.44. The lowest BCUT2D eigenvalue weighted by atomic mass is 9.98. The molecule has 0 spiro atoms. The third-order valence-corrected chi connectivity index (χ3v) is 2.79. The molecule has 0 saturated heterocycles. The summed E-state index contributed by atoms with van der Waals surface area (Å²) in [7, 11) is 1.31. The number of benzene rings is 1. The number of carbonyl (C=O) groups excluding carboxylic acids is 2. The van der Waals surface area contributed by atoms with E-state index in [9.17, 15) is 9.59 Å². The molecule has 0 bridgehead atoms. The molecule has 1 aromatic rings. The fourth-order valence-corrected chi connectivity index (χ4v) is 1.82. The maximum Gasteiger partial charge on any atom is 0.309 e. The van der Waals surface area contributed by atoms with Gasteiger partial charge >= 0.3 is 11.9 Å². The Bertz CT molecular complexity index is 465. The van der Waals surface area contributed by atoms with E-state index in [0.29, 0.717) is 6.42 Å². The van der Waals surface area contributed by atoms with Crippen LogP contribution in [0.15, 0.2) is 42.5 Å². The summed E-state index contributed by atoms with van der Waals surface area (Å²) >= 11 is 0. The van der Waals surface area contributed by atoms with Crippen molar-refractivity contribution in [3.05, 3.63) is 48.0 Å². The minimum Gasteiger partial charge on any atom is -0.469 e. The first-order valence-corrected chi connectivity index (χ1v) is 6.44. The second-order valence-corrected chi connectivity index (χ2v) is 4.73. The summed E-state index contributed by atoms with van der Waals surface area (Å²) < 4.78 is 9.85. The zero-order chi connectivity index (χ0) is 15.0. The van der Waals surface area contributed by atoms with Gasteiger partial charge in [0, 0.05) is 0 Å². The molecule has 4 nitrogen and oxygen atoms in total. The maximum absolute atomic E-state index is 11.8.